The summed E-state index contributed by atoms with van der Waals surface area (Å²) in [6.07, 6.45) is 0. The molecule has 1 saturated heterocycles. The fourth-order valence-corrected chi connectivity index (χ4v) is 1.97. The molecule has 4 nitrogen and oxygen atoms in total. The highest BCUT2D eigenvalue weighted by atomic mass is 16.5. The Morgan fingerprint density at radius 1 is 1.38 bits per heavy atom. The van der Waals surface area contributed by atoms with Gasteiger partial charge < -0.3 is 14.8 Å². The summed E-state index contributed by atoms with van der Waals surface area (Å²) in [5, 5.41) is 3.22. The van der Waals surface area contributed by atoms with Gasteiger partial charge in [-0.25, -0.2) is 0 Å². The molecule has 1 fully saturated rings. The number of hydrogen-bond donors (Lipinski definition) is 1. The molecular formula is C12H15NO3. The van der Waals surface area contributed by atoms with Crippen molar-refractivity contribution in [1.29, 1.82) is 0 Å². The zero-order valence-corrected chi connectivity index (χ0v) is 9.40. The largest absolute Gasteiger partial charge is 0.496 e. The van der Waals surface area contributed by atoms with Crippen molar-refractivity contribution in [2.24, 2.45) is 5.92 Å². The average Bonchev–Trinajstić information content (AvgIpc) is 2.28. The minimum atomic E-state index is -0.172. The minimum Gasteiger partial charge on any atom is -0.496 e. The van der Waals surface area contributed by atoms with Crippen molar-refractivity contribution >= 4 is 5.97 Å². The number of esters is 1. The number of para-hydroxylation sites is 1. The van der Waals surface area contributed by atoms with Crippen LogP contribution in [-0.4, -0.2) is 26.7 Å². The second-order valence-corrected chi connectivity index (χ2v) is 3.76. The molecule has 0 aliphatic carbocycles. The molecule has 0 spiro atoms. The zero-order valence-electron chi connectivity index (χ0n) is 9.40. The highest BCUT2D eigenvalue weighted by Gasteiger charge is 2.39. The van der Waals surface area contributed by atoms with E-state index in [9.17, 15) is 4.79 Å². The first-order valence-electron chi connectivity index (χ1n) is 5.22. The lowest BCUT2D eigenvalue weighted by atomic mass is 9.85. The molecule has 1 aliphatic heterocycles. The van der Waals surface area contributed by atoms with Gasteiger partial charge in [0.25, 0.3) is 0 Å². The van der Waals surface area contributed by atoms with Gasteiger partial charge in [-0.2, -0.15) is 0 Å². The maximum Gasteiger partial charge on any atom is 0.311 e. The van der Waals surface area contributed by atoms with Crippen LogP contribution in [0.1, 0.15) is 11.6 Å². The van der Waals surface area contributed by atoms with E-state index in [1.165, 1.54) is 7.11 Å². The van der Waals surface area contributed by atoms with E-state index in [0.717, 1.165) is 11.3 Å². The third-order valence-electron chi connectivity index (χ3n) is 2.94. The summed E-state index contributed by atoms with van der Waals surface area (Å²) >= 11 is 0. The quantitative estimate of drug-likeness (QED) is 0.777. The second-order valence-electron chi connectivity index (χ2n) is 3.76. The highest BCUT2D eigenvalue weighted by molar-refractivity contribution is 5.75. The monoisotopic (exact) mass is 221 g/mol. The molecule has 2 rings (SSSR count). The molecule has 2 unspecified atom stereocenters. The van der Waals surface area contributed by atoms with Crippen LogP contribution in [0.25, 0.3) is 0 Å². The van der Waals surface area contributed by atoms with Gasteiger partial charge >= 0.3 is 5.97 Å². The Morgan fingerprint density at radius 3 is 2.69 bits per heavy atom. The second kappa shape index (κ2) is 4.53. The summed E-state index contributed by atoms with van der Waals surface area (Å²) in [5.74, 6) is 0.518. The molecule has 86 valence electrons. The summed E-state index contributed by atoms with van der Waals surface area (Å²) < 4.78 is 10.0. The van der Waals surface area contributed by atoms with Gasteiger partial charge in [0.1, 0.15) is 5.75 Å². The Hall–Kier alpha value is -1.55. The molecule has 1 aromatic carbocycles. The summed E-state index contributed by atoms with van der Waals surface area (Å²) in [7, 11) is 3.05. The molecule has 1 heterocycles. The highest BCUT2D eigenvalue weighted by Crippen LogP contribution is 2.35. The van der Waals surface area contributed by atoms with E-state index in [0.29, 0.717) is 6.54 Å². The molecule has 1 N–H and O–H groups in total. The predicted octanol–water partition coefficient (Wildman–Crippen LogP) is 1.13. The van der Waals surface area contributed by atoms with Gasteiger partial charge in [0, 0.05) is 12.1 Å². The summed E-state index contributed by atoms with van der Waals surface area (Å²) in [6, 6.07) is 7.71. The topological polar surface area (TPSA) is 47.6 Å². The SMILES string of the molecule is COC(=O)C1CNC1c1ccccc1OC. The van der Waals surface area contributed by atoms with E-state index in [1.807, 2.05) is 24.3 Å². The lowest BCUT2D eigenvalue weighted by Crippen LogP contribution is -2.50. The maximum absolute atomic E-state index is 11.5. The van der Waals surface area contributed by atoms with E-state index in [1.54, 1.807) is 7.11 Å². The van der Waals surface area contributed by atoms with Crippen LogP contribution in [0.2, 0.25) is 0 Å². The first-order valence-corrected chi connectivity index (χ1v) is 5.22. The van der Waals surface area contributed by atoms with Crippen LogP contribution >= 0.6 is 0 Å². The van der Waals surface area contributed by atoms with Gasteiger partial charge in [0.15, 0.2) is 0 Å². The van der Waals surface area contributed by atoms with Crippen molar-refractivity contribution in [1.82, 2.24) is 5.32 Å². The molecule has 0 radical (unpaired) electrons. The third-order valence-corrected chi connectivity index (χ3v) is 2.94. The third kappa shape index (κ3) is 1.76. The van der Waals surface area contributed by atoms with Crippen LogP contribution in [0, 0.1) is 5.92 Å². The molecule has 2 atom stereocenters. The summed E-state index contributed by atoms with van der Waals surface area (Å²) in [5.41, 5.74) is 1.01. The molecule has 1 aromatic rings. The molecule has 4 heteroatoms. The van der Waals surface area contributed by atoms with Crippen molar-refractivity contribution in [3.63, 3.8) is 0 Å². The molecule has 0 aromatic heterocycles. The smallest absolute Gasteiger partial charge is 0.311 e. The van der Waals surface area contributed by atoms with Crippen molar-refractivity contribution in [3.05, 3.63) is 29.8 Å². The summed E-state index contributed by atoms with van der Waals surface area (Å²) in [4.78, 5) is 11.5. The van der Waals surface area contributed by atoms with Gasteiger partial charge in [-0.1, -0.05) is 18.2 Å². The van der Waals surface area contributed by atoms with E-state index in [2.05, 4.69) is 5.32 Å². The number of hydrogen-bond acceptors (Lipinski definition) is 4. The van der Waals surface area contributed by atoms with Crippen molar-refractivity contribution < 1.29 is 14.3 Å². The summed E-state index contributed by atoms with van der Waals surface area (Å²) in [6.45, 7) is 0.662. The van der Waals surface area contributed by atoms with Crippen LogP contribution in [-0.2, 0) is 9.53 Å². The fraction of sp³-hybridized carbons (Fsp3) is 0.417. The number of methoxy groups -OCH3 is 2. The normalized spacial score (nSPS) is 23.4. The first kappa shape index (κ1) is 11.0. The predicted molar refractivity (Wildman–Crippen MR) is 59.2 cm³/mol. The Labute approximate surface area is 94.6 Å². The lowest BCUT2D eigenvalue weighted by molar-refractivity contribution is -0.149. The Balaban J connectivity index is 2.21. The number of ether oxygens (including phenoxy) is 2. The molecule has 0 bridgehead atoms. The van der Waals surface area contributed by atoms with Crippen molar-refractivity contribution in [3.8, 4) is 5.75 Å². The van der Waals surface area contributed by atoms with E-state index >= 15 is 0 Å². The number of nitrogens with one attached hydrogen (secondary N) is 1. The molecule has 0 saturated carbocycles. The molecule has 0 amide bonds. The van der Waals surface area contributed by atoms with Crippen LogP contribution in [0.3, 0.4) is 0 Å². The fourth-order valence-electron chi connectivity index (χ4n) is 1.97. The van der Waals surface area contributed by atoms with E-state index < -0.39 is 0 Å². The molecule has 16 heavy (non-hydrogen) atoms. The van der Waals surface area contributed by atoms with Crippen molar-refractivity contribution in [2.45, 2.75) is 6.04 Å². The average molecular weight is 221 g/mol. The van der Waals surface area contributed by atoms with Gasteiger partial charge in [-0.15, -0.1) is 0 Å². The molecule has 1 aliphatic rings. The van der Waals surface area contributed by atoms with Gasteiger partial charge in [0.2, 0.25) is 0 Å². The number of benzene rings is 1. The minimum absolute atomic E-state index is 0.00333. The number of carbonyl (C=O) groups is 1. The first-order chi connectivity index (χ1) is 7.77. The Kier molecular flexibility index (Phi) is 3.10. The molecular weight excluding hydrogens is 206 g/mol. The standard InChI is InChI=1S/C12H15NO3/c1-15-10-6-4-3-5-8(10)11-9(7-13-11)12(14)16-2/h3-6,9,11,13H,7H2,1-2H3. The number of carbonyl (C=O) groups excluding carboxylic acids is 1. The van der Waals surface area contributed by atoms with Gasteiger partial charge in [-0.3, -0.25) is 4.79 Å². The zero-order chi connectivity index (χ0) is 11.5. The number of rotatable bonds is 3. The van der Waals surface area contributed by atoms with Crippen LogP contribution in [0.5, 0.6) is 5.75 Å². The maximum atomic E-state index is 11.5. The van der Waals surface area contributed by atoms with Gasteiger partial charge in [0.05, 0.1) is 26.2 Å². The van der Waals surface area contributed by atoms with Crippen LogP contribution < -0.4 is 10.1 Å². The van der Waals surface area contributed by atoms with Crippen LogP contribution in [0.15, 0.2) is 24.3 Å². The lowest BCUT2D eigenvalue weighted by Gasteiger charge is -2.36. The van der Waals surface area contributed by atoms with Gasteiger partial charge in [-0.05, 0) is 6.07 Å². The Bertz CT molecular complexity index is 392. The van der Waals surface area contributed by atoms with E-state index in [4.69, 9.17) is 9.47 Å². The van der Waals surface area contributed by atoms with E-state index in [-0.39, 0.29) is 17.9 Å². The van der Waals surface area contributed by atoms with Crippen molar-refractivity contribution in [2.75, 3.05) is 20.8 Å². The Morgan fingerprint density at radius 2 is 2.12 bits per heavy atom. The van der Waals surface area contributed by atoms with Crippen LogP contribution in [0.4, 0.5) is 0 Å².